The molecule has 2 aliphatic heterocycles. The summed E-state index contributed by atoms with van der Waals surface area (Å²) in [5.41, 5.74) is 2.13. The van der Waals surface area contributed by atoms with E-state index < -0.39 is 23.9 Å². The van der Waals surface area contributed by atoms with Gasteiger partial charge in [-0.1, -0.05) is 12.1 Å². The molecule has 0 saturated carbocycles. The lowest BCUT2D eigenvalue weighted by Gasteiger charge is -2.35. The summed E-state index contributed by atoms with van der Waals surface area (Å²) in [4.78, 5) is 26.5. The van der Waals surface area contributed by atoms with Gasteiger partial charge in [0, 0.05) is 13.1 Å². The van der Waals surface area contributed by atoms with E-state index in [2.05, 4.69) is 5.32 Å². The third-order valence-corrected chi connectivity index (χ3v) is 4.90. The molecule has 0 aliphatic carbocycles. The molecule has 2 aromatic rings. The zero-order chi connectivity index (χ0) is 19.7. The monoisotopic (exact) mass is 386 g/mol. The smallest absolute Gasteiger partial charge is 0.410 e. The van der Waals surface area contributed by atoms with Crippen molar-refractivity contribution in [2.45, 2.75) is 19.0 Å². The van der Waals surface area contributed by atoms with Gasteiger partial charge >= 0.3 is 6.09 Å². The number of hydrogen-bond acceptors (Lipinski definition) is 5. The molecule has 8 heteroatoms. The number of benzene rings is 2. The number of carbonyl (C=O) groups is 2. The Labute approximate surface area is 161 Å². The van der Waals surface area contributed by atoms with Gasteiger partial charge in [-0.25, -0.2) is 9.18 Å². The van der Waals surface area contributed by atoms with Gasteiger partial charge < -0.3 is 19.5 Å². The average molecular weight is 386 g/mol. The number of nitrogens with zero attached hydrogens (tertiary/aromatic N) is 1. The molecule has 0 aromatic heterocycles. The van der Waals surface area contributed by atoms with Gasteiger partial charge in [-0.15, -0.1) is 0 Å². The summed E-state index contributed by atoms with van der Waals surface area (Å²) in [6, 6.07) is 8.73. The van der Waals surface area contributed by atoms with Crippen molar-refractivity contribution in [3.8, 4) is 11.5 Å². The van der Waals surface area contributed by atoms with Gasteiger partial charge in [-0.05, 0) is 47.4 Å². The quantitative estimate of drug-likeness (QED) is 0.877. The van der Waals surface area contributed by atoms with Gasteiger partial charge in [-0.3, -0.25) is 9.69 Å². The second-order valence-corrected chi connectivity index (χ2v) is 6.56. The Bertz CT molecular complexity index is 933. The summed E-state index contributed by atoms with van der Waals surface area (Å²) in [6.07, 6.45) is -0.102. The topological polar surface area (TPSA) is 77.1 Å². The Morgan fingerprint density at radius 2 is 2.04 bits per heavy atom. The van der Waals surface area contributed by atoms with Crippen LogP contribution in [0.1, 0.15) is 22.7 Å². The van der Waals surface area contributed by atoms with Crippen LogP contribution in [0.4, 0.5) is 9.18 Å². The van der Waals surface area contributed by atoms with Crippen molar-refractivity contribution in [1.82, 2.24) is 10.2 Å². The largest absolute Gasteiger partial charge is 0.454 e. The van der Waals surface area contributed by atoms with Gasteiger partial charge in [0.2, 0.25) is 12.7 Å². The van der Waals surface area contributed by atoms with Crippen LogP contribution in [0.15, 0.2) is 36.4 Å². The highest BCUT2D eigenvalue weighted by molar-refractivity contribution is 5.87. The molecular formula is C20H19FN2O5. The second kappa shape index (κ2) is 7.38. The molecule has 28 heavy (non-hydrogen) atoms. The molecule has 7 nitrogen and oxygen atoms in total. The van der Waals surface area contributed by atoms with Crippen molar-refractivity contribution >= 4 is 12.0 Å². The van der Waals surface area contributed by atoms with Crippen LogP contribution in [-0.4, -0.2) is 37.3 Å². The molecule has 0 saturated heterocycles. The van der Waals surface area contributed by atoms with Gasteiger partial charge in [-0.2, -0.15) is 0 Å². The number of carbonyl (C=O) groups excluding carboxylic acids is 2. The number of methoxy groups -OCH3 is 1. The fourth-order valence-electron chi connectivity index (χ4n) is 3.52. The second-order valence-electron chi connectivity index (χ2n) is 6.56. The van der Waals surface area contributed by atoms with Crippen molar-refractivity contribution in [1.29, 1.82) is 0 Å². The molecule has 1 unspecified atom stereocenters. The van der Waals surface area contributed by atoms with E-state index in [1.54, 1.807) is 18.2 Å². The molecule has 4 rings (SSSR count). The number of halogens is 1. The van der Waals surface area contributed by atoms with E-state index in [9.17, 15) is 14.0 Å². The van der Waals surface area contributed by atoms with Crippen LogP contribution in [-0.2, 0) is 22.5 Å². The fourth-order valence-corrected chi connectivity index (χ4v) is 3.52. The molecule has 2 heterocycles. The van der Waals surface area contributed by atoms with Crippen molar-refractivity contribution in [2.75, 3.05) is 20.4 Å². The molecule has 0 radical (unpaired) electrons. The summed E-state index contributed by atoms with van der Waals surface area (Å²) < 4.78 is 29.3. The standard InChI is InChI=1S/C20H19FN2O5/c1-26-20(25)23-7-6-13-3-4-14(21)9-15(13)18(23)19(24)22-10-12-2-5-16-17(8-12)28-11-27-16/h2-5,8-9,18H,6-7,10-11H2,1H3,(H,22,24). The zero-order valence-electron chi connectivity index (χ0n) is 15.2. The van der Waals surface area contributed by atoms with Gasteiger partial charge in [0.15, 0.2) is 11.5 Å². The van der Waals surface area contributed by atoms with E-state index >= 15 is 0 Å². The number of amides is 2. The average Bonchev–Trinajstić information content (AvgIpc) is 3.18. The maximum atomic E-state index is 13.8. The van der Waals surface area contributed by atoms with Crippen LogP contribution in [0, 0.1) is 5.82 Å². The minimum absolute atomic E-state index is 0.170. The maximum absolute atomic E-state index is 13.8. The van der Waals surface area contributed by atoms with Crippen molar-refractivity contribution in [3.63, 3.8) is 0 Å². The molecule has 2 aromatic carbocycles. The van der Waals surface area contributed by atoms with E-state index in [1.165, 1.54) is 24.1 Å². The summed E-state index contributed by atoms with van der Waals surface area (Å²) >= 11 is 0. The first-order valence-electron chi connectivity index (χ1n) is 8.86. The fraction of sp³-hybridized carbons (Fsp3) is 0.300. The van der Waals surface area contributed by atoms with Crippen molar-refractivity contribution in [3.05, 3.63) is 58.9 Å². The Balaban J connectivity index is 1.56. The van der Waals surface area contributed by atoms with Gasteiger partial charge in [0.25, 0.3) is 0 Å². The predicted octanol–water partition coefficient (Wildman–Crippen LogP) is 2.54. The Morgan fingerprint density at radius 1 is 1.21 bits per heavy atom. The SMILES string of the molecule is COC(=O)N1CCc2ccc(F)cc2C1C(=O)NCc1ccc2c(c1)OCO2. The minimum atomic E-state index is -0.957. The minimum Gasteiger partial charge on any atom is -0.454 e. The Hall–Kier alpha value is -3.29. The molecule has 0 fully saturated rings. The molecular weight excluding hydrogens is 367 g/mol. The summed E-state index contributed by atoms with van der Waals surface area (Å²) in [5.74, 6) is 0.408. The Kier molecular flexibility index (Phi) is 4.77. The molecule has 146 valence electrons. The van der Waals surface area contributed by atoms with Crippen LogP contribution in [0.3, 0.4) is 0 Å². The van der Waals surface area contributed by atoms with Crippen LogP contribution in [0.2, 0.25) is 0 Å². The highest BCUT2D eigenvalue weighted by Crippen LogP contribution is 2.33. The molecule has 1 atom stereocenters. The van der Waals surface area contributed by atoms with Crippen LogP contribution < -0.4 is 14.8 Å². The first kappa shape index (κ1) is 18.1. The number of fused-ring (bicyclic) bond motifs is 2. The van der Waals surface area contributed by atoms with Crippen molar-refractivity contribution < 1.29 is 28.2 Å². The van der Waals surface area contributed by atoms with E-state index in [4.69, 9.17) is 14.2 Å². The summed E-state index contributed by atoms with van der Waals surface area (Å²) in [5, 5.41) is 2.82. The first-order chi connectivity index (χ1) is 13.6. The highest BCUT2D eigenvalue weighted by Gasteiger charge is 2.36. The molecule has 0 spiro atoms. The van der Waals surface area contributed by atoms with Crippen LogP contribution in [0.25, 0.3) is 0 Å². The van der Waals surface area contributed by atoms with Crippen LogP contribution in [0.5, 0.6) is 11.5 Å². The zero-order valence-corrected chi connectivity index (χ0v) is 15.2. The third kappa shape index (κ3) is 3.33. The molecule has 1 N–H and O–H groups in total. The van der Waals surface area contributed by atoms with E-state index in [1.807, 2.05) is 6.07 Å². The lowest BCUT2D eigenvalue weighted by atomic mass is 9.92. The van der Waals surface area contributed by atoms with Crippen LogP contribution >= 0.6 is 0 Å². The summed E-state index contributed by atoms with van der Waals surface area (Å²) in [7, 11) is 1.25. The normalized spacial score (nSPS) is 17.1. The number of ether oxygens (including phenoxy) is 3. The van der Waals surface area contributed by atoms with Gasteiger partial charge in [0.1, 0.15) is 11.9 Å². The molecule has 0 bridgehead atoms. The highest BCUT2D eigenvalue weighted by atomic mass is 19.1. The third-order valence-electron chi connectivity index (χ3n) is 4.90. The predicted molar refractivity (Wildman–Crippen MR) is 96.4 cm³/mol. The van der Waals surface area contributed by atoms with E-state index in [-0.39, 0.29) is 13.3 Å². The number of nitrogens with one attached hydrogen (secondary N) is 1. The first-order valence-corrected chi connectivity index (χ1v) is 8.86. The van der Waals surface area contributed by atoms with E-state index in [0.29, 0.717) is 30.0 Å². The molecule has 2 amide bonds. The number of rotatable bonds is 3. The van der Waals surface area contributed by atoms with E-state index in [0.717, 1.165) is 11.1 Å². The maximum Gasteiger partial charge on any atom is 0.410 e. The van der Waals surface area contributed by atoms with Crippen molar-refractivity contribution in [2.24, 2.45) is 0 Å². The summed E-state index contributed by atoms with van der Waals surface area (Å²) in [6.45, 7) is 0.711. The van der Waals surface area contributed by atoms with Gasteiger partial charge in [0.05, 0.1) is 7.11 Å². The molecule has 2 aliphatic rings. The lowest BCUT2D eigenvalue weighted by molar-refractivity contribution is -0.126. The number of hydrogen-bond donors (Lipinski definition) is 1. The Morgan fingerprint density at radius 3 is 2.86 bits per heavy atom. The lowest BCUT2D eigenvalue weighted by Crippen LogP contribution is -2.47.